The van der Waals surface area contributed by atoms with Gasteiger partial charge in [0.25, 0.3) is 5.92 Å². The number of rotatable bonds is 5. The Kier molecular flexibility index (Phi) is 4.01. The Balaban J connectivity index is 2.75. The van der Waals surface area contributed by atoms with Gasteiger partial charge in [-0.2, -0.15) is 0 Å². The van der Waals surface area contributed by atoms with Crippen molar-refractivity contribution in [3.05, 3.63) is 29.3 Å². The van der Waals surface area contributed by atoms with Crippen LogP contribution in [0.15, 0.2) is 18.2 Å². The summed E-state index contributed by atoms with van der Waals surface area (Å²) >= 11 is 0. The molecule has 0 aliphatic heterocycles. The highest BCUT2D eigenvalue weighted by molar-refractivity contribution is 5.94. The lowest BCUT2D eigenvalue weighted by Crippen LogP contribution is -2.35. The van der Waals surface area contributed by atoms with Gasteiger partial charge >= 0.3 is 0 Å². The summed E-state index contributed by atoms with van der Waals surface area (Å²) in [6.45, 7) is 0.434. The second-order valence-corrected chi connectivity index (χ2v) is 3.81. The van der Waals surface area contributed by atoms with Gasteiger partial charge in [0, 0.05) is 11.3 Å². The minimum Gasteiger partial charge on any atom is -0.379 e. The zero-order valence-electron chi connectivity index (χ0n) is 9.47. The largest absolute Gasteiger partial charge is 0.379 e. The van der Waals surface area contributed by atoms with Gasteiger partial charge in [0.15, 0.2) is 0 Å². The minimum atomic E-state index is -2.95. The van der Waals surface area contributed by atoms with Crippen LogP contribution in [0.2, 0.25) is 0 Å². The number of hydrogen-bond acceptors (Lipinski definition) is 3. The Morgan fingerprint density at radius 3 is 2.59 bits per heavy atom. The highest BCUT2D eigenvalue weighted by Gasteiger charge is 2.26. The van der Waals surface area contributed by atoms with Crippen molar-refractivity contribution in [2.45, 2.75) is 12.8 Å². The first-order valence-corrected chi connectivity index (χ1v) is 5.08. The fourth-order valence-corrected chi connectivity index (χ4v) is 1.35. The number of primary amides is 1. The fraction of sp³-hybridized carbons (Fsp3) is 0.364. The van der Waals surface area contributed by atoms with E-state index in [1.165, 1.54) is 12.1 Å². The van der Waals surface area contributed by atoms with Crippen LogP contribution in [0.25, 0.3) is 0 Å². The number of halogens is 2. The maximum absolute atomic E-state index is 12.9. The van der Waals surface area contributed by atoms with Gasteiger partial charge in [-0.1, -0.05) is 0 Å². The third-order valence-corrected chi connectivity index (χ3v) is 2.34. The van der Waals surface area contributed by atoms with Crippen LogP contribution in [0.3, 0.4) is 0 Å². The molecular weight excluding hydrogens is 228 g/mol. The predicted molar refractivity (Wildman–Crippen MR) is 62.2 cm³/mol. The van der Waals surface area contributed by atoms with Gasteiger partial charge in [-0.25, -0.2) is 8.78 Å². The number of carbonyl (C=O) groups excluding carboxylic acids is 1. The van der Waals surface area contributed by atoms with Crippen molar-refractivity contribution in [3.8, 4) is 0 Å². The first-order chi connectivity index (χ1) is 7.85. The molecule has 6 heteroatoms. The van der Waals surface area contributed by atoms with Gasteiger partial charge in [-0.15, -0.1) is 0 Å². The van der Waals surface area contributed by atoms with Crippen LogP contribution in [-0.2, 0) is 0 Å². The summed E-state index contributed by atoms with van der Waals surface area (Å²) in [5, 5.41) is 2.56. The van der Waals surface area contributed by atoms with Gasteiger partial charge < -0.3 is 16.8 Å². The van der Waals surface area contributed by atoms with Gasteiger partial charge in [0.2, 0.25) is 5.91 Å². The molecule has 4 nitrogen and oxygen atoms in total. The number of amides is 1. The Hall–Kier alpha value is -1.69. The molecular formula is C11H15F2N3O. The summed E-state index contributed by atoms with van der Waals surface area (Å²) in [7, 11) is 0. The van der Waals surface area contributed by atoms with Crippen LogP contribution in [-0.4, -0.2) is 24.9 Å². The monoisotopic (exact) mass is 243 g/mol. The van der Waals surface area contributed by atoms with Gasteiger partial charge in [-0.05, 0) is 30.7 Å². The van der Waals surface area contributed by atoms with Crippen molar-refractivity contribution in [3.63, 3.8) is 0 Å². The maximum atomic E-state index is 12.9. The van der Waals surface area contributed by atoms with E-state index in [4.69, 9.17) is 11.5 Å². The van der Waals surface area contributed by atoms with Crippen molar-refractivity contribution < 1.29 is 13.6 Å². The van der Waals surface area contributed by atoms with Crippen molar-refractivity contribution in [1.29, 1.82) is 0 Å². The lowest BCUT2D eigenvalue weighted by Gasteiger charge is -2.16. The van der Waals surface area contributed by atoms with Gasteiger partial charge in [0.05, 0.1) is 13.1 Å². The van der Waals surface area contributed by atoms with E-state index in [-0.39, 0.29) is 0 Å². The minimum absolute atomic E-state index is 0.376. The number of aryl methyl sites for hydroxylation is 1. The van der Waals surface area contributed by atoms with E-state index in [0.29, 0.717) is 16.8 Å². The zero-order valence-corrected chi connectivity index (χ0v) is 9.47. The maximum Gasteiger partial charge on any atom is 0.276 e. The molecule has 0 fully saturated rings. The standard InChI is InChI=1S/C11H15F2N3O/c1-7-4-8(2-3-9(7)10(15)17)16-6-11(12,13)5-14/h2-4,16H,5-6,14H2,1H3,(H2,15,17). The number of anilines is 1. The lowest BCUT2D eigenvalue weighted by molar-refractivity contribution is 0.0254. The molecule has 0 unspecified atom stereocenters. The van der Waals surface area contributed by atoms with E-state index in [1.54, 1.807) is 13.0 Å². The predicted octanol–water partition coefficient (Wildman–Crippen LogP) is 1.10. The number of nitrogens with two attached hydrogens (primary N) is 2. The van der Waals surface area contributed by atoms with E-state index in [0.717, 1.165) is 0 Å². The third kappa shape index (κ3) is 3.67. The topological polar surface area (TPSA) is 81.1 Å². The molecule has 1 amide bonds. The Bertz CT molecular complexity index is 421. The Morgan fingerprint density at radius 1 is 1.47 bits per heavy atom. The SMILES string of the molecule is Cc1cc(NCC(F)(F)CN)ccc1C(N)=O. The summed E-state index contributed by atoms with van der Waals surface area (Å²) in [6, 6.07) is 4.62. The molecule has 0 spiro atoms. The fourth-order valence-electron chi connectivity index (χ4n) is 1.35. The molecule has 17 heavy (non-hydrogen) atoms. The van der Waals surface area contributed by atoms with E-state index in [2.05, 4.69) is 5.32 Å². The van der Waals surface area contributed by atoms with Crippen molar-refractivity contribution in [2.24, 2.45) is 11.5 Å². The molecule has 0 aliphatic rings. The molecule has 94 valence electrons. The molecule has 1 rings (SSSR count). The summed E-state index contributed by atoms with van der Waals surface area (Å²) < 4.78 is 25.8. The zero-order chi connectivity index (χ0) is 13.1. The molecule has 1 aromatic carbocycles. The quantitative estimate of drug-likeness (QED) is 0.724. The van der Waals surface area contributed by atoms with Crippen LogP contribution in [0, 0.1) is 6.92 Å². The van der Waals surface area contributed by atoms with E-state index in [1.807, 2.05) is 0 Å². The Labute approximate surface area is 98.0 Å². The summed E-state index contributed by atoms with van der Waals surface area (Å²) in [5.74, 6) is -3.49. The Morgan fingerprint density at radius 2 is 2.12 bits per heavy atom. The highest BCUT2D eigenvalue weighted by atomic mass is 19.3. The summed E-state index contributed by atoms with van der Waals surface area (Å²) in [4.78, 5) is 11.0. The average Bonchev–Trinajstić information content (AvgIpc) is 2.26. The van der Waals surface area contributed by atoms with Crippen LogP contribution < -0.4 is 16.8 Å². The van der Waals surface area contributed by atoms with Crippen LogP contribution in [0.1, 0.15) is 15.9 Å². The number of alkyl halides is 2. The normalized spacial score (nSPS) is 11.3. The van der Waals surface area contributed by atoms with Crippen LogP contribution in [0.4, 0.5) is 14.5 Å². The van der Waals surface area contributed by atoms with Crippen LogP contribution >= 0.6 is 0 Å². The number of hydrogen-bond donors (Lipinski definition) is 3. The summed E-state index contributed by atoms with van der Waals surface area (Å²) in [5.41, 5.74) is 11.6. The number of nitrogens with one attached hydrogen (secondary N) is 1. The van der Waals surface area contributed by atoms with Crippen molar-refractivity contribution >= 4 is 11.6 Å². The first kappa shape index (κ1) is 13.4. The number of benzene rings is 1. The molecule has 0 radical (unpaired) electrons. The lowest BCUT2D eigenvalue weighted by atomic mass is 10.1. The van der Waals surface area contributed by atoms with E-state index < -0.39 is 24.9 Å². The highest BCUT2D eigenvalue weighted by Crippen LogP contribution is 2.17. The molecule has 0 aliphatic carbocycles. The van der Waals surface area contributed by atoms with E-state index >= 15 is 0 Å². The molecule has 0 bridgehead atoms. The van der Waals surface area contributed by atoms with Crippen molar-refractivity contribution in [2.75, 3.05) is 18.4 Å². The molecule has 0 aromatic heterocycles. The molecule has 0 saturated carbocycles. The van der Waals surface area contributed by atoms with E-state index in [9.17, 15) is 13.6 Å². The second-order valence-electron chi connectivity index (χ2n) is 3.81. The second kappa shape index (κ2) is 5.09. The molecule has 0 heterocycles. The average molecular weight is 243 g/mol. The summed E-state index contributed by atoms with van der Waals surface area (Å²) in [6.07, 6.45) is 0. The first-order valence-electron chi connectivity index (χ1n) is 5.08. The van der Waals surface area contributed by atoms with Gasteiger partial charge in [0.1, 0.15) is 0 Å². The smallest absolute Gasteiger partial charge is 0.276 e. The van der Waals surface area contributed by atoms with Crippen molar-refractivity contribution in [1.82, 2.24) is 0 Å². The molecule has 0 atom stereocenters. The molecule has 5 N–H and O–H groups in total. The van der Waals surface area contributed by atoms with Crippen LogP contribution in [0.5, 0.6) is 0 Å². The number of carbonyl (C=O) groups is 1. The molecule has 0 saturated heterocycles. The molecule has 1 aromatic rings. The third-order valence-electron chi connectivity index (χ3n) is 2.34. The van der Waals surface area contributed by atoms with Gasteiger partial charge in [-0.3, -0.25) is 4.79 Å².